The van der Waals surface area contributed by atoms with Crippen LogP contribution in [0.15, 0.2) is 12.1 Å². The summed E-state index contributed by atoms with van der Waals surface area (Å²) in [6.45, 7) is 7.50. The summed E-state index contributed by atoms with van der Waals surface area (Å²) in [5.74, 6) is 1.62. The van der Waals surface area contributed by atoms with E-state index in [2.05, 4.69) is 0 Å². The van der Waals surface area contributed by atoms with Crippen LogP contribution >= 0.6 is 0 Å². The summed E-state index contributed by atoms with van der Waals surface area (Å²) in [5, 5.41) is 0. The second-order valence-electron chi connectivity index (χ2n) is 6.83. The largest absolute Gasteiger partial charge is 0.493 e. The first-order chi connectivity index (χ1) is 11.8. The monoisotopic (exact) mass is 348 g/mol. The van der Waals surface area contributed by atoms with E-state index in [0.29, 0.717) is 37.1 Å². The van der Waals surface area contributed by atoms with Gasteiger partial charge >= 0.3 is 0 Å². The van der Waals surface area contributed by atoms with Gasteiger partial charge in [0.15, 0.2) is 11.5 Å². The number of hydrogen-bond acceptors (Lipinski definition) is 4. The molecule has 1 aromatic rings. The van der Waals surface area contributed by atoms with E-state index in [9.17, 15) is 9.59 Å². The second-order valence-corrected chi connectivity index (χ2v) is 6.83. The van der Waals surface area contributed by atoms with Crippen LogP contribution < -0.4 is 9.47 Å². The molecule has 0 N–H and O–H groups in total. The molecule has 138 valence electrons. The highest BCUT2D eigenvalue weighted by molar-refractivity contribution is 5.84. The molecule has 1 heterocycles. The summed E-state index contributed by atoms with van der Waals surface area (Å²) >= 11 is 0. The van der Waals surface area contributed by atoms with E-state index in [1.165, 1.54) is 12.5 Å². The summed E-state index contributed by atoms with van der Waals surface area (Å²) in [4.78, 5) is 27.9. The van der Waals surface area contributed by atoms with Crippen molar-refractivity contribution >= 4 is 11.8 Å². The summed E-state index contributed by atoms with van der Waals surface area (Å²) < 4.78 is 10.7. The fourth-order valence-electron chi connectivity index (χ4n) is 3.10. The maximum Gasteiger partial charge on any atom is 0.242 e. The molecule has 0 unspecified atom stereocenters. The molecule has 1 aliphatic heterocycles. The number of benzene rings is 1. The molecule has 0 radical (unpaired) electrons. The van der Waals surface area contributed by atoms with Crippen LogP contribution in [0.5, 0.6) is 11.5 Å². The molecular formula is C19H28N2O4. The molecule has 6 heteroatoms. The van der Waals surface area contributed by atoms with Gasteiger partial charge in [0.25, 0.3) is 0 Å². The van der Waals surface area contributed by atoms with Gasteiger partial charge in [-0.15, -0.1) is 0 Å². The average Bonchev–Trinajstić information content (AvgIpc) is 2.58. The molecular weight excluding hydrogens is 320 g/mol. The number of amides is 2. The maximum absolute atomic E-state index is 12.7. The SMILES string of the molecule is COc1cc2c(cc1OC)CN(C(=O)CN(CC(C)C)C(C)=O)CC2. The minimum absolute atomic E-state index is 0.0173. The van der Waals surface area contributed by atoms with Crippen molar-refractivity contribution in [3.05, 3.63) is 23.3 Å². The molecule has 0 aliphatic carbocycles. The van der Waals surface area contributed by atoms with Crippen LogP contribution in [0.2, 0.25) is 0 Å². The molecule has 0 saturated carbocycles. The van der Waals surface area contributed by atoms with Gasteiger partial charge in [0.05, 0.1) is 20.8 Å². The summed E-state index contributed by atoms with van der Waals surface area (Å²) in [6.07, 6.45) is 0.770. The number of ether oxygens (including phenoxy) is 2. The number of nitrogens with zero attached hydrogens (tertiary/aromatic N) is 2. The van der Waals surface area contributed by atoms with E-state index < -0.39 is 0 Å². The van der Waals surface area contributed by atoms with E-state index in [1.54, 1.807) is 19.1 Å². The minimum Gasteiger partial charge on any atom is -0.493 e. The number of methoxy groups -OCH3 is 2. The Morgan fingerprint density at radius 2 is 1.76 bits per heavy atom. The predicted molar refractivity (Wildman–Crippen MR) is 95.8 cm³/mol. The summed E-state index contributed by atoms with van der Waals surface area (Å²) in [6, 6.07) is 3.92. The topological polar surface area (TPSA) is 59.1 Å². The van der Waals surface area contributed by atoms with E-state index in [4.69, 9.17) is 9.47 Å². The molecule has 1 aliphatic rings. The Bertz CT molecular complexity index is 643. The lowest BCUT2D eigenvalue weighted by Crippen LogP contribution is -2.45. The number of carbonyl (C=O) groups is 2. The highest BCUT2D eigenvalue weighted by atomic mass is 16.5. The fourth-order valence-corrected chi connectivity index (χ4v) is 3.10. The van der Waals surface area contributed by atoms with Gasteiger partial charge in [-0.25, -0.2) is 0 Å². The Kier molecular flexibility index (Phi) is 6.28. The standard InChI is InChI=1S/C19H28N2O4/c1-13(2)10-21(14(3)22)12-19(23)20-7-6-15-8-17(24-4)18(25-5)9-16(15)11-20/h8-9,13H,6-7,10-12H2,1-5H3. The molecule has 2 rings (SSSR count). The van der Waals surface area contributed by atoms with E-state index in [0.717, 1.165) is 12.0 Å². The molecule has 2 amide bonds. The van der Waals surface area contributed by atoms with Crippen LogP contribution in [0.3, 0.4) is 0 Å². The molecule has 6 nitrogen and oxygen atoms in total. The lowest BCUT2D eigenvalue weighted by molar-refractivity contribution is -0.140. The van der Waals surface area contributed by atoms with E-state index in [1.807, 2.05) is 30.9 Å². The third kappa shape index (κ3) is 4.65. The average molecular weight is 348 g/mol. The first-order valence-corrected chi connectivity index (χ1v) is 8.62. The zero-order valence-corrected chi connectivity index (χ0v) is 15.8. The van der Waals surface area contributed by atoms with E-state index >= 15 is 0 Å². The number of rotatable bonds is 6. The van der Waals surface area contributed by atoms with Crippen LogP contribution in [-0.2, 0) is 22.6 Å². The van der Waals surface area contributed by atoms with Crippen molar-refractivity contribution in [1.29, 1.82) is 0 Å². The smallest absolute Gasteiger partial charge is 0.242 e. The zero-order chi connectivity index (χ0) is 18.6. The zero-order valence-electron chi connectivity index (χ0n) is 15.8. The van der Waals surface area contributed by atoms with Gasteiger partial charge in [0, 0.05) is 26.6 Å². The molecule has 0 fully saturated rings. The minimum atomic E-state index is -0.0640. The van der Waals surface area contributed by atoms with Gasteiger partial charge < -0.3 is 19.3 Å². The second kappa shape index (κ2) is 8.23. The third-order valence-electron chi connectivity index (χ3n) is 4.43. The third-order valence-corrected chi connectivity index (χ3v) is 4.43. The summed E-state index contributed by atoms with van der Waals surface area (Å²) in [5.41, 5.74) is 2.24. The normalized spacial score (nSPS) is 13.4. The molecule has 25 heavy (non-hydrogen) atoms. The lowest BCUT2D eigenvalue weighted by atomic mass is 9.98. The Morgan fingerprint density at radius 1 is 1.16 bits per heavy atom. The van der Waals surface area contributed by atoms with Crippen LogP contribution in [0.25, 0.3) is 0 Å². The van der Waals surface area contributed by atoms with Gasteiger partial charge in [-0.1, -0.05) is 13.8 Å². The van der Waals surface area contributed by atoms with Gasteiger partial charge in [0.1, 0.15) is 0 Å². The molecule has 1 aromatic carbocycles. The van der Waals surface area contributed by atoms with Gasteiger partial charge in [0.2, 0.25) is 11.8 Å². The van der Waals surface area contributed by atoms with Crippen molar-refractivity contribution in [1.82, 2.24) is 9.80 Å². The van der Waals surface area contributed by atoms with Crippen LogP contribution in [0.1, 0.15) is 31.9 Å². The number of hydrogen-bond donors (Lipinski definition) is 0. The highest BCUT2D eigenvalue weighted by Gasteiger charge is 2.25. The van der Waals surface area contributed by atoms with Crippen molar-refractivity contribution < 1.29 is 19.1 Å². The van der Waals surface area contributed by atoms with Gasteiger partial charge in [-0.3, -0.25) is 9.59 Å². The lowest BCUT2D eigenvalue weighted by Gasteiger charge is -2.32. The van der Waals surface area contributed by atoms with E-state index in [-0.39, 0.29) is 18.4 Å². The van der Waals surface area contributed by atoms with Crippen molar-refractivity contribution in [3.8, 4) is 11.5 Å². The van der Waals surface area contributed by atoms with Crippen molar-refractivity contribution in [2.75, 3.05) is 33.9 Å². The van der Waals surface area contributed by atoms with Crippen LogP contribution in [-0.4, -0.2) is 55.5 Å². The fraction of sp³-hybridized carbons (Fsp3) is 0.579. The van der Waals surface area contributed by atoms with Crippen molar-refractivity contribution in [3.63, 3.8) is 0 Å². The van der Waals surface area contributed by atoms with Crippen LogP contribution in [0.4, 0.5) is 0 Å². The molecule has 0 bridgehead atoms. The Labute approximate surface area is 149 Å². The van der Waals surface area contributed by atoms with Crippen molar-refractivity contribution in [2.24, 2.45) is 5.92 Å². The molecule has 0 aromatic heterocycles. The first-order valence-electron chi connectivity index (χ1n) is 8.62. The number of carbonyl (C=O) groups excluding carboxylic acids is 2. The Balaban J connectivity index is 2.10. The Hall–Kier alpha value is -2.24. The summed E-state index contributed by atoms with van der Waals surface area (Å²) in [7, 11) is 3.22. The number of fused-ring (bicyclic) bond motifs is 1. The quantitative estimate of drug-likeness (QED) is 0.790. The Morgan fingerprint density at radius 3 is 2.28 bits per heavy atom. The van der Waals surface area contributed by atoms with Crippen LogP contribution in [0, 0.1) is 5.92 Å². The highest BCUT2D eigenvalue weighted by Crippen LogP contribution is 2.33. The van der Waals surface area contributed by atoms with Gasteiger partial charge in [-0.05, 0) is 35.6 Å². The first kappa shape index (κ1) is 19.1. The van der Waals surface area contributed by atoms with Gasteiger partial charge in [-0.2, -0.15) is 0 Å². The predicted octanol–water partition coefficient (Wildman–Crippen LogP) is 2.09. The molecule has 0 saturated heterocycles. The van der Waals surface area contributed by atoms with Crippen molar-refractivity contribution in [2.45, 2.75) is 33.7 Å². The molecule has 0 atom stereocenters. The maximum atomic E-state index is 12.7. The molecule has 0 spiro atoms.